The Kier molecular flexibility index (Phi) is 7.33. The second-order valence-electron chi connectivity index (χ2n) is 7.07. The molecule has 2 heterocycles. The lowest BCUT2D eigenvalue weighted by Gasteiger charge is -2.36. The molecule has 0 aromatic heterocycles. The van der Waals surface area contributed by atoms with Crippen LogP contribution in [0, 0.1) is 0 Å². The smallest absolute Gasteiger partial charge is 0.293 e. The van der Waals surface area contributed by atoms with E-state index in [0.29, 0.717) is 23.6 Å². The summed E-state index contributed by atoms with van der Waals surface area (Å²) in [5, 5.41) is 8.86. The lowest BCUT2D eigenvalue weighted by atomic mass is 9.99. The lowest BCUT2D eigenvalue weighted by molar-refractivity contribution is -0.135. The summed E-state index contributed by atoms with van der Waals surface area (Å²) in [6.07, 6.45) is 5.18. The molecule has 2 aliphatic heterocycles. The Morgan fingerprint density at radius 1 is 1.31 bits per heavy atom. The zero-order valence-corrected chi connectivity index (χ0v) is 17.3. The number of benzene rings is 1. The first-order valence-electron chi connectivity index (χ1n) is 9.84. The average molecular weight is 419 g/mol. The number of amides is 3. The molecule has 29 heavy (non-hydrogen) atoms. The molecule has 2 fully saturated rings. The van der Waals surface area contributed by atoms with Crippen LogP contribution in [0.25, 0.3) is 6.08 Å². The molecule has 2 saturated heterocycles. The summed E-state index contributed by atoms with van der Waals surface area (Å²) in [7, 11) is 1.55. The first-order valence-corrected chi connectivity index (χ1v) is 10.7. The number of aliphatic hydroxyl groups is 1. The van der Waals surface area contributed by atoms with Gasteiger partial charge in [0.05, 0.1) is 12.0 Å². The summed E-state index contributed by atoms with van der Waals surface area (Å²) in [6, 6.07) is 7.31. The van der Waals surface area contributed by atoms with E-state index in [4.69, 9.17) is 4.74 Å². The van der Waals surface area contributed by atoms with E-state index in [-0.39, 0.29) is 42.7 Å². The van der Waals surface area contributed by atoms with Gasteiger partial charge in [-0.05, 0) is 49.6 Å². The second kappa shape index (κ2) is 9.93. The maximum absolute atomic E-state index is 12.7. The molecule has 1 aromatic rings. The van der Waals surface area contributed by atoms with Gasteiger partial charge in [0.15, 0.2) is 0 Å². The van der Waals surface area contributed by atoms with Crippen LogP contribution in [-0.2, 0) is 9.59 Å². The molecule has 156 valence electrons. The Balaban J connectivity index is 1.64. The number of piperidine rings is 1. The normalized spacial score (nSPS) is 21.2. The fourth-order valence-corrected chi connectivity index (χ4v) is 4.60. The summed E-state index contributed by atoms with van der Waals surface area (Å²) in [4.78, 5) is 40.9. The van der Waals surface area contributed by atoms with Crippen molar-refractivity contribution in [3.8, 4) is 5.75 Å². The molecule has 3 rings (SSSR count). The highest BCUT2D eigenvalue weighted by atomic mass is 32.2. The monoisotopic (exact) mass is 418 g/mol. The Hall–Kier alpha value is -2.32. The maximum atomic E-state index is 12.7. The molecule has 1 aromatic carbocycles. The summed E-state index contributed by atoms with van der Waals surface area (Å²) in [5.74, 6) is 0.162. The molecule has 8 heteroatoms. The second-order valence-corrected chi connectivity index (χ2v) is 8.07. The lowest BCUT2D eigenvalue weighted by Crippen LogP contribution is -2.45. The van der Waals surface area contributed by atoms with Gasteiger partial charge in [-0.25, -0.2) is 0 Å². The van der Waals surface area contributed by atoms with Crippen molar-refractivity contribution >= 4 is 34.9 Å². The van der Waals surface area contributed by atoms with Gasteiger partial charge in [0.2, 0.25) is 5.91 Å². The van der Waals surface area contributed by atoms with Crippen molar-refractivity contribution in [1.82, 2.24) is 9.80 Å². The largest absolute Gasteiger partial charge is 0.496 e. The van der Waals surface area contributed by atoms with Crippen LogP contribution in [0.4, 0.5) is 4.79 Å². The Labute approximate surface area is 174 Å². The maximum Gasteiger partial charge on any atom is 0.293 e. The van der Waals surface area contributed by atoms with Gasteiger partial charge >= 0.3 is 0 Å². The summed E-state index contributed by atoms with van der Waals surface area (Å²) < 4.78 is 5.29. The molecule has 3 amide bonds. The molecule has 7 nitrogen and oxygen atoms in total. The van der Waals surface area contributed by atoms with E-state index in [1.54, 1.807) is 24.2 Å². The van der Waals surface area contributed by atoms with Gasteiger partial charge in [-0.15, -0.1) is 0 Å². The number of ether oxygens (including phenoxy) is 1. The number of aliphatic hydroxyl groups excluding tert-OH is 1. The number of carbonyl (C=O) groups excluding carboxylic acids is 3. The molecular formula is C21H26N2O5S. The number of likely N-dealkylation sites (tertiary alicyclic amines) is 1. The third-order valence-electron chi connectivity index (χ3n) is 5.26. The van der Waals surface area contributed by atoms with E-state index in [9.17, 15) is 19.5 Å². The molecule has 0 spiro atoms. The van der Waals surface area contributed by atoms with Crippen LogP contribution in [0.1, 0.15) is 37.7 Å². The van der Waals surface area contributed by atoms with Gasteiger partial charge in [0.1, 0.15) is 5.75 Å². The molecule has 2 aliphatic rings. The fourth-order valence-electron chi connectivity index (χ4n) is 3.75. The van der Waals surface area contributed by atoms with Crippen molar-refractivity contribution < 1.29 is 24.2 Å². The first-order chi connectivity index (χ1) is 14.0. The number of carbonyl (C=O) groups is 3. The molecule has 1 atom stereocenters. The van der Waals surface area contributed by atoms with Gasteiger partial charge in [-0.1, -0.05) is 18.2 Å². The van der Waals surface area contributed by atoms with Crippen molar-refractivity contribution in [3.63, 3.8) is 0 Å². The number of thioether (sulfide) groups is 1. The minimum Gasteiger partial charge on any atom is -0.496 e. The number of hydrogen-bond acceptors (Lipinski definition) is 6. The number of rotatable bonds is 7. The molecule has 0 saturated carbocycles. The predicted octanol–water partition coefficient (Wildman–Crippen LogP) is 2.89. The highest BCUT2D eigenvalue weighted by Crippen LogP contribution is 2.34. The van der Waals surface area contributed by atoms with E-state index < -0.39 is 0 Å². The van der Waals surface area contributed by atoms with Crippen molar-refractivity contribution in [2.24, 2.45) is 0 Å². The predicted molar refractivity (Wildman–Crippen MR) is 111 cm³/mol. The molecule has 0 bridgehead atoms. The van der Waals surface area contributed by atoms with Gasteiger partial charge in [-0.3, -0.25) is 19.3 Å². The van der Waals surface area contributed by atoms with E-state index in [1.165, 1.54) is 0 Å². The third-order valence-corrected chi connectivity index (χ3v) is 6.17. The standard InChI is InChI=1S/C21H26N2O5S/c1-28-17-8-3-2-6-15(17)14-18-20(26)23(21(27)29-18)12-9-19(25)22-11-5-4-7-16(22)10-13-24/h2-3,6,8,14,16,24H,4-5,7,9-13H2,1H3/b18-14-/t16-/m0/s1. The summed E-state index contributed by atoms with van der Waals surface area (Å²) in [5.41, 5.74) is 0.719. The highest BCUT2D eigenvalue weighted by molar-refractivity contribution is 8.18. The number of imide groups is 1. The van der Waals surface area contributed by atoms with Crippen LogP contribution < -0.4 is 4.74 Å². The highest BCUT2D eigenvalue weighted by Gasteiger charge is 2.36. The average Bonchev–Trinajstić information content (AvgIpc) is 3.00. The van der Waals surface area contributed by atoms with Crippen LogP contribution in [0.3, 0.4) is 0 Å². The topological polar surface area (TPSA) is 87.2 Å². The molecule has 0 aliphatic carbocycles. The van der Waals surface area contributed by atoms with E-state index >= 15 is 0 Å². The first kappa shape index (κ1) is 21.4. The minimum absolute atomic E-state index is 0.0432. The van der Waals surface area contributed by atoms with Crippen molar-refractivity contribution in [2.45, 2.75) is 38.1 Å². The van der Waals surface area contributed by atoms with Crippen LogP contribution in [0.2, 0.25) is 0 Å². The molecule has 0 unspecified atom stereocenters. The van der Waals surface area contributed by atoms with Gasteiger partial charge in [-0.2, -0.15) is 0 Å². The van der Waals surface area contributed by atoms with Crippen LogP contribution >= 0.6 is 11.8 Å². The van der Waals surface area contributed by atoms with Gasteiger partial charge in [0.25, 0.3) is 11.1 Å². The Morgan fingerprint density at radius 3 is 2.86 bits per heavy atom. The number of nitrogens with zero attached hydrogens (tertiary/aromatic N) is 2. The van der Waals surface area contributed by atoms with E-state index in [1.807, 2.05) is 18.2 Å². The Bertz CT molecular complexity index is 808. The zero-order chi connectivity index (χ0) is 20.8. The van der Waals surface area contributed by atoms with Gasteiger partial charge in [0, 0.05) is 37.7 Å². The van der Waals surface area contributed by atoms with E-state index in [0.717, 1.165) is 41.5 Å². The minimum atomic E-state index is -0.385. The number of hydrogen-bond donors (Lipinski definition) is 1. The summed E-state index contributed by atoms with van der Waals surface area (Å²) >= 11 is 0.877. The number of para-hydroxylation sites is 1. The third kappa shape index (κ3) is 5.00. The van der Waals surface area contributed by atoms with E-state index in [2.05, 4.69) is 0 Å². The molecule has 0 radical (unpaired) electrons. The SMILES string of the molecule is COc1ccccc1/C=C1\SC(=O)N(CCC(=O)N2CCCC[C@H]2CCO)C1=O. The van der Waals surface area contributed by atoms with Crippen LogP contribution in [0.15, 0.2) is 29.2 Å². The number of methoxy groups -OCH3 is 1. The Morgan fingerprint density at radius 2 is 2.10 bits per heavy atom. The zero-order valence-electron chi connectivity index (χ0n) is 16.5. The van der Waals surface area contributed by atoms with Crippen LogP contribution in [-0.4, -0.2) is 64.8 Å². The van der Waals surface area contributed by atoms with Crippen molar-refractivity contribution in [3.05, 3.63) is 34.7 Å². The quantitative estimate of drug-likeness (QED) is 0.685. The van der Waals surface area contributed by atoms with Gasteiger partial charge < -0.3 is 14.7 Å². The summed E-state index contributed by atoms with van der Waals surface area (Å²) in [6.45, 7) is 0.777. The fraction of sp³-hybridized carbons (Fsp3) is 0.476. The van der Waals surface area contributed by atoms with Crippen molar-refractivity contribution in [1.29, 1.82) is 0 Å². The molecular weight excluding hydrogens is 392 g/mol. The van der Waals surface area contributed by atoms with Crippen molar-refractivity contribution in [2.75, 3.05) is 26.8 Å². The molecule has 1 N–H and O–H groups in total. The van der Waals surface area contributed by atoms with Crippen LogP contribution in [0.5, 0.6) is 5.75 Å².